The van der Waals surface area contributed by atoms with Crippen LogP contribution in [0.15, 0.2) is 24.5 Å². The quantitative estimate of drug-likeness (QED) is 0.711. The first-order valence-corrected chi connectivity index (χ1v) is 5.25. The number of pyridine rings is 1. The van der Waals surface area contributed by atoms with E-state index in [9.17, 15) is 4.79 Å². The standard InChI is InChI=1S/C12H15NO/c14-12(9-11-1-2-11)4-3-10-5-7-13-8-6-10/h5-8,11H,1-4,9H2. The molecule has 2 rings (SSSR count). The van der Waals surface area contributed by atoms with Crippen molar-refractivity contribution in [1.29, 1.82) is 0 Å². The number of hydrogen-bond donors (Lipinski definition) is 0. The molecule has 0 aliphatic heterocycles. The summed E-state index contributed by atoms with van der Waals surface area (Å²) in [6.45, 7) is 0. The van der Waals surface area contributed by atoms with E-state index < -0.39 is 0 Å². The zero-order valence-corrected chi connectivity index (χ0v) is 8.28. The fraction of sp³-hybridized carbons (Fsp3) is 0.500. The maximum absolute atomic E-state index is 11.5. The van der Waals surface area contributed by atoms with Crippen LogP contribution in [0.5, 0.6) is 0 Å². The second-order valence-electron chi connectivity index (χ2n) is 4.04. The van der Waals surface area contributed by atoms with Crippen molar-refractivity contribution in [3.8, 4) is 0 Å². The fourth-order valence-corrected chi connectivity index (χ4v) is 1.58. The molecule has 0 N–H and O–H groups in total. The molecule has 0 atom stereocenters. The van der Waals surface area contributed by atoms with Crippen molar-refractivity contribution < 1.29 is 4.79 Å². The monoisotopic (exact) mass is 189 g/mol. The minimum Gasteiger partial charge on any atom is -0.300 e. The number of Topliss-reactive ketones (excluding diaryl/α,β-unsaturated/α-hetero) is 1. The zero-order valence-electron chi connectivity index (χ0n) is 8.28. The van der Waals surface area contributed by atoms with Gasteiger partial charge in [0, 0.05) is 25.2 Å². The van der Waals surface area contributed by atoms with Gasteiger partial charge in [-0.2, -0.15) is 0 Å². The van der Waals surface area contributed by atoms with E-state index in [1.165, 1.54) is 18.4 Å². The molecule has 1 heterocycles. The molecule has 0 spiro atoms. The average Bonchev–Trinajstić information content (AvgIpc) is 3.00. The number of hydrogen-bond acceptors (Lipinski definition) is 2. The highest BCUT2D eigenvalue weighted by atomic mass is 16.1. The molecule has 14 heavy (non-hydrogen) atoms. The molecule has 1 aromatic heterocycles. The van der Waals surface area contributed by atoms with E-state index in [1.54, 1.807) is 12.4 Å². The lowest BCUT2D eigenvalue weighted by molar-refractivity contribution is -0.119. The summed E-state index contributed by atoms with van der Waals surface area (Å²) in [5.41, 5.74) is 1.21. The summed E-state index contributed by atoms with van der Waals surface area (Å²) in [4.78, 5) is 15.4. The summed E-state index contributed by atoms with van der Waals surface area (Å²) in [6, 6.07) is 3.95. The molecule has 2 nitrogen and oxygen atoms in total. The lowest BCUT2D eigenvalue weighted by Gasteiger charge is -1.99. The van der Waals surface area contributed by atoms with Crippen molar-refractivity contribution in [2.75, 3.05) is 0 Å². The molecule has 0 saturated heterocycles. The zero-order chi connectivity index (χ0) is 9.80. The number of nitrogens with zero attached hydrogens (tertiary/aromatic N) is 1. The molecule has 74 valence electrons. The van der Waals surface area contributed by atoms with E-state index in [0.29, 0.717) is 12.2 Å². The Kier molecular flexibility index (Phi) is 2.92. The van der Waals surface area contributed by atoms with Gasteiger partial charge in [-0.15, -0.1) is 0 Å². The predicted octanol–water partition coefficient (Wildman–Crippen LogP) is 2.38. The minimum absolute atomic E-state index is 0.421. The molecule has 1 aliphatic rings. The van der Waals surface area contributed by atoms with E-state index in [2.05, 4.69) is 4.98 Å². The van der Waals surface area contributed by atoms with Crippen LogP contribution < -0.4 is 0 Å². The lowest BCUT2D eigenvalue weighted by atomic mass is 10.1. The van der Waals surface area contributed by atoms with Gasteiger partial charge in [0.15, 0.2) is 0 Å². The van der Waals surface area contributed by atoms with Crippen LogP contribution >= 0.6 is 0 Å². The van der Waals surface area contributed by atoms with Crippen LogP contribution in [0.1, 0.15) is 31.2 Å². The number of carbonyl (C=O) groups is 1. The number of ketones is 1. The van der Waals surface area contributed by atoms with Crippen LogP contribution in [-0.2, 0) is 11.2 Å². The average molecular weight is 189 g/mol. The molecule has 0 bridgehead atoms. The van der Waals surface area contributed by atoms with Crippen LogP contribution in [0.25, 0.3) is 0 Å². The van der Waals surface area contributed by atoms with Crippen molar-refractivity contribution in [1.82, 2.24) is 4.98 Å². The van der Waals surface area contributed by atoms with Crippen molar-refractivity contribution in [2.24, 2.45) is 5.92 Å². The Hall–Kier alpha value is -1.18. The summed E-state index contributed by atoms with van der Waals surface area (Å²) in [6.07, 6.45) is 8.46. The summed E-state index contributed by atoms with van der Waals surface area (Å²) in [7, 11) is 0. The van der Waals surface area contributed by atoms with Gasteiger partial charge in [0.2, 0.25) is 0 Å². The van der Waals surface area contributed by atoms with Gasteiger partial charge >= 0.3 is 0 Å². The first-order chi connectivity index (χ1) is 6.84. The van der Waals surface area contributed by atoms with Crippen LogP contribution in [0, 0.1) is 5.92 Å². The first kappa shape index (κ1) is 9.38. The largest absolute Gasteiger partial charge is 0.300 e. The highest BCUT2D eigenvalue weighted by Crippen LogP contribution is 2.32. The van der Waals surface area contributed by atoms with Crippen LogP contribution in [0.2, 0.25) is 0 Å². The Labute approximate surface area is 84.4 Å². The van der Waals surface area contributed by atoms with Crippen molar-refractivity contribution in [3.63, 3.8) is 0 Å². The second-order valence-corrected chi connectivity index (χ2v) is 4.04. The van der Waals surface area contributed by atoms with Crippen molar-refractivity contribution in [2.45, 2.75) is 32.1 Å². The van der Waals surface area contributed by atoms with Gasteiger partial charge in [0.05, 0.1) is 0 Å². The topological polar surface area (TPSA) is 30.0 Å². The summed E-state index contributed by atoms with van der Waals surface area (Å²) >= 11 is 0. The van der Waals surface area contributed by atoms with E-state index in [-0.39, 0.29) is 0 Å². The van der Waals surface area contributed by atoms with E-state index in [0.717, 1.165) is 18.8 Å². The van der Waals surface area contributed by atoms with Gasteiger partial charge in [0.1, 0.15) is 5.78 Å². The Morgan fingerprint density at radius 2 is 2.07 bits per heavy atom. The Bertz CT molecular complexity index is 303. The maximum Gasteiger partial charge on any atom is 0.133 e. The molecule has 1 saturated carbocycles. The highest BCUT2D eigenvalue weighted by molar-refractivity contribution is 5.79. The molecule has 0 unspecified atom stereocenters. The molecule has 0 amide bonds. The van der Waals surface area contributed by atoms with E-state index >= 15 is 0 Å². The molecule has 1 aromatic rings. The second kappa shape index (κ2) is 4.36. The van der Waals surface area contributed by atoms with Gasteiger partial charge in [-0.05, 0) is 42.9 Å². The smallest absolute Gasteiger partial charge is 0.133 e. The molecule has 0 radical (unpaired) electrons. The molecule has 0 aromatic carbocycles. The van der Waals surface area contributed by atoms with E-state index in [4.69, 9.17) is 0 Å². The van der Waals surface area contributed by atoms with Gasteiger partial charge < -0.3 is 0 Å². The lowest BCUT2D eigenvalue weighted by Crippen LogP contribution is -2.01. The van der Waals surface area contributed by atoms with Gasteiger partial charge in [0.25, 0.3) is 0 Å². The van der Waals surface area contributed by atoms with Gasteiger partial charge in [-0.25, -0.2) is 0 Å². The summed E-state index contributed by atoms with van der Waals surface area (Å²) < 4.78 is 0. The SMILES string of the molecule is O=C(CCc1ccncc1)CC1CC1. The van der Waals surface area contributed by atoms with Gasteiger partial charge in [-0.3, -0.25) is 9.78 Å². The minimum atomic E-state index is 0.421. The third kappa shape index (κ3) is 2.95. The van der Waals surface area contributed by atoms with E-state index in [1.807, 2.05) is 12.1 Å². The molecule has 1 aliphatic carbocycles. The molecule has 2 heteroatoms. The Morgan fingerprint density at radius 3 is 2.71 bits per heavy atom. The van der Waals surface area contributed by atoms with Crippen LogP contribution in [0.3, 0.4) is 0 Å². The molecule has 1 fully saturated rings. The van der Waals surface area contributed by atoms with Crippen LogP contribution in [-0.4, -0.2) is 10.8 Å². The Balaban J connectivity index is 1.73. The molecular formula is C12H15NO. The number of aromatic nitrogens is 1. The Morgan fingerprint density at radius 1 is 1.36 bits per heavy atom. The van der Waals surface area contributed by atoms with Crippen LogP contribution in [0.4, 0.5) is 0 Å². The van der Waals surface area contributed by atoms with Crippen molar-refractivity contribution in [3.05, 3.63) is 30.1 Å². The first-order valence-electron chi connectivity index (χ1n) is 5.25. The maximum atomic E-state index is 11.5. The normalized spacial score (nSPS) is 15.4. The van der Waals surface area contributed by atoms with Crippen molar-refractivity contribution >= 4 is 5.78 Å². The number of rotatable bonds is 5. The molecular weight excluding hydrogens is 174 g/mol. The highest BCUT2D eigenvalue weighted by Gasteiger charge is 2.23. The van der Waals surface area contributed by atoms with Gasteiger partial charge in [-0.1, -0.05) is 0 Å². The third-order valence-corrected chi connectivity index (χ3v) is 2.66. The number of carbonyl (C=O) groups excluding carboxylic acids is 1. The third-order valence-electron chi connectivity index (χ3n) is 2.66. The number of aryl methyl sites for hydroxylation is 1. The predicted molar refractivity (Wildman–Crippen MR) is 54.9 cm³/mol. The summed E-state index contributed by atoms with van der Waals surface area (Å²) in [5, 5.41) is 0. The fourth-order valence-electron chi connectivity index (χ4n) is 1.58. The summed E-state index contributed by atoms with van der Waals surface area (Å²) in [5.74, 6) is 1.14.